The van der Waals surface area contributed by atoms with E-state index >= 15 is 0 Å². The van der Waals surface area contributed by atoms with Crippen LogP contribution in [-0.2, 0) is 30.4 Å². The van der Waals surface area contributed by atoms with Crippen LogP contribution in [0.15, 0.2) is 72.8 Å². The van der Waals surface area contributed by atoms with E-state index in [1.54, 1.807) is 14.0 Å². The number of alkyl carbamates (subject to hydrolysis) is 1. The van der Waals surface area contributed by atoms with Gasteiger partial charge in [-0.2, -0.15) is 0 Å². The van der Waals surface area contributed by atoms with Gasteiger partial charge in [-0.15, -0.1) is 0 Å². The SMILES string of the molecule is CCC[C@@H](CC)N(C(=O)[C@H](C)NC(=O)OC)[C@@H](C)c1nc2c(ccc3cc4c(cc32)OCc2cc(-c3nc([C@H](C)N(C[C@H](C)COC)C(=O)[C@H](NC(O)OC)c5ccccc5)[nH]c3C3CC3)ccc2-4)[nH]1. The third-order valence-electron chi connectivity index (χ3n) is 13.8. The van der Waals surface area contributed by atoms with Crippen molar-refractivity contribution in [2.24, 2.45) is 5.92 Å². The minimum absolute atomic E-state index is 0.00912. The summed E-state index contributed by atoms with van der Waals surface area (Å²) in [6.45, 7) is 13.1. The molecule has 1 aliphatic carbocycles. The molecule has 0 saturated heterocycles. The van der Waals surface area contributed by atoms with Crippen molar-refractivity contribution in [2.75, 3.05) is 34.5 Å². The number of benzene rings is 4. The number of imidazole rings is 2. The number of ether oxygens (including phenoxy) is 4. The Hall–Kier alpha value is -6.33. The van der Waals surface area contributed by atoms with Crippen LogP contribution in [0.1, 0.15) is 126 Å². The molecule has 8 rings (SSSR count). The van der Waals surface area contributed by atoms with E-state index in [0.29, 0.717) is 42.9 Å². The van der Waals surface area contributed by atoms with Gasteiger partial charge in [0.05, 0.1) is 42.5 Å². The summed E-state index contributed by atoms with van der Waals surface area (Å²) in [4.78, 5) is 62.1. The fraction of sp³-hybridized carbons (Fsp3) is 0.463. The van der Waals surface area contributed by atoms with Gasteiger partial charge in [0.25, 0.3) is 0 Å². The lowest BCUT2D eigenvalue weighted by Crippen LogP contribution is -2.51. The minimum Gasteiger partial charge on any atom is -0.488 e. The maximum Gasteiger partial charge on any atom is 0.407 e. The second-order valence-electron chi connectivity index (χ2n) is 18.9. The monoisotopic (exact) mass is 957 g/mol. The van der Waals surface area contributed by atoms with Crippen LogP contribution in [-0.4, -0.2) is 106 Å². The Kier molecular flexibility index (Phi) is 15.6. The van der Waals surface area contributed by atoms with Gasteiger partial charge in [0.1, 0.15) is 36.1 Å². The molecule has 2 aromatic heterocycles. The summed E-state index contributed by atoms with van der Waals surface area (Å²) in [5.74, 6) is 2.01. The maximum atomic E-state index is 14.7. The first-order valence-electron chi connectivity index (χ1n) is 24.6. The molecule has 1 fully saturated rings. The molecule has 1 saturated carbocycles. The van der Waals surface area contributed by atoms with Gasteiger partial charge in [-0.25, -0.2) is 14.8 Å². The molecule has 2 aliphatic rings. The molecule has 5 N–H and O–H groups in total. The van der Waals surface area contributed by atoms with Gasteiger partial charge in [-0.3, -0.25) is 14.9 Å². The number of nitrogens with zero attached hydrogens (tertiary/aromatic N) is 4. The Morgan fingerprint density at radius 3 is 2.33 bits per heavy atom. The second-order valence-corrected chi connectivity index (χ2v) is 18.9. The van der Waals surface area contributed by atoms with Gasteiger partial charge in [0.2, 0.25) is 18.2 Å². The number of aromatic amines is 2. The molecular formula is C54H68N8O8. The first-order chi connectivity index (χ1) is 33.8. The number of aromatic nitrogens is 4. The number of rotatable bonds is 21. The normalized spacial score (nSPS) is 16.3. The average molecular weight is 957 g/mol. The molecular weight excluding hydrogens is 889 g/mol. The van der Waals surface area contributed by atoms with E-state index in [4.69, 9.17) is 28.9 Å². The number of H-pyrrole nitrogens is 2. The van der Waals surface area contributed by atoms with Gasteiger partial charge in [0.15, 0.2) is 0 Å². The van der Waals surface area contributed by atoms with Crippen molar-refractivity contribution in [3.63, 3.8) is 0 Å². The van der Waals surface area contributed by atoms with Crippen LogP contribution in [0.5, 0.6) is 5.75 Å². The van der Waals surface area contributed by atoms with E-state index in [1.807, 2.05) is 67.0 Å². The van der Waals surface area contributed by atoms with E-state index in [2.05, 4.69) is 70.8 Å². The highest BCUT2D eigenvalue weighted by Crippen LogP contribution is 2.47. The number of aliphatic hydroxyl groups excluding tert-OH is 1. The number of methoxy groups -OCH3 is 3. The largest absolute Gasteiger partial charge is 0.488 e. The summed E-state index contributed by atoms with van der Waals surface area (Å²) in [5.41, 5.74) is 8.32. The maximum absolute atomic E-state index is 14.7. The molecule has 3 amide bonds. The number of nitrogens with one attached hydrogen (secondary N) is 4. The second kappa shape index (κ2) is 21.8. The van der Waals surface area contributed by atoms with Gasteiger partial charge in [-0.05, 0) is 98.7 Å². The molecule has 1 aliphatic heterocycles. The molecule has 0 radical (unpaired) electrons. The number of amides is 3. The average Bonchev–Trinajstić information content (AvgIpc) is 3.96. The van der Waals surface area contributed by atoms with Crippen molar-refractivity contribution >= 4 is 39.7 Å². The van der Waals surface area contributed by atoms with Gasteiger partial charge in [0, 0.05) is 54.9 Å². The van der Waals surface area contributed by atoms with Crippen LogP contribution in [0.2, 0.25) is 0 Å². The lowest BCUT2D eigenvalue weighted by atomic mass is 9.92. The predicted molar refractivity (Wildman–Crippen MR) is 269 cm³/mol. The molecule has 6 aromatic rings. The molecule has 0 spiro atoms. The van der Waals surface area contributed by atoms with Crippen molar-refractivity contribution in [1.82, 2.24) is 40.4 Å². The van der Waals surface area contributed by atoms with Crippen LogP contribution >= 0.6 is 0 Å². The Balaban J connectivity index is 1.10. The van der Waals surface area contributed by atoms with Crippen LogP contribution < -0.4 is 15.4 Å². The van der Waals surface area contributed by atoms with Crippen LogP contribution in [0.3, 0.4) is 0 Å². The molecule has 16 heteroatoms. The molecule has 1 unspecified atom stereocenters. The lowest BCUT2D eigenvalue weighted by molar-refractivity contribution is -0.145. The molecule has 0 bridgehead atoms. The zero-order chi connectivity index (χ0) is 49.8. The number of carbonyl (C=O) groups excluding carboxylic acids is 3. The Morgan fingerprint density at radius 2 is 1.64 bits per heavy atom. The van der Waals surface area contributed by atoms with Crippen molar-refractivity contribution in [3.8, 4) is 28.1 Å². The highest BCUT2D eigenvalue weighted by Gasteiger charge is 2.37. The van der Waals surface area contributed by atoms with E-state index in [1.165, 1.54) is 14.2 Å². The number of aliphatic hydroxyl groups is 1. The zero-order valence-electron chi connectivity index (χ0n) is 41.8. The fourth-order valence-electron chi connectivity index (χ4n) is 9.95. The standard InChI is InChI=1S/C54H68N8O8/c1-10-15-39(11-2)62(51(63)31(4)55-53(65)68-8)33(6)50-56-43-23-21-36-25-42-40-22-20-37(24-38(40)29-70-44(42)26-41(36)48(43)59-50)46-45(35-18-19-35)57-49(58-46)32(5)61(27-30(3)28-67-7)52(64)47(60-54(66)69-9)34-16-13-12-14-17-34/h12-14,16-17,20-26,30-33,35,39,47,54,60,66H,10-11,15,18-19,27-29H2,1-9H3,(H,55,65)(H,56,59)(H,57,58)/t30-,31-,32-,33-,39+,47+,54?/m0/s1. The van der Waals surface area contributed by atoms with Crippen LogP contribution in [0.25, 0.3) is 44.2 Å². The number of hydrogen-bond donors (Lipinski definition) is 5. The highest BCUT2D eigenvalue weighted by molar-refractivity contribution is 6.07. The van der Waals surface area contributed by atoms with Crippen molar-refractivity contribution in [1.29, 1.82) is 0 Å². The van der Waals surface area contributed by atoms with Gasteiger partial charge >= 0.3 is 6.09 Å². The highest BCUT2D eigenvalue weighted by atomic mass is 16.6. The summed E-state index contributed by atoms with van der Waals surface area (Å²) >= 11 is 0. The van der Waals surface area contributed by atoms with E-state index in [0.717, 1.165) is 93.3 Å². The van der Waals surface area contributed by atoms with Gasteiger partial charge < -0.3 is 49.1 Å². The van der Waals surface area contributed by atoms with Crippen LogP contribution in [0.4, 0.5) is 4.79 Å². The summed E-state index contributed by atoms with van der Waals surface area (Å²) < 4.78 is 22.0. The zero-order valence-corrected chi connectivity index (χ0v) is 41.8. The minimum atomic E-state index is -1.36. The Labute approximate surface area is 409 Å². The molecule has 70 heavy (non-hydrogen) atoms. The fourth-order valence-corrected chi connectivity index (χ4v) is 9.95. The van der Waals surface area contributed by atoms with Gasteiger partial charge in [-0.1, -0.05) is 75.7 Å². The summed E-state index contributed by atoms with van der Waals surface area (Å²) in [6.07, 6.45) is 2.54. The first-order valence-corrected chi connectivity index (χ1v) is 24.6. The van der Waals surface area contributed by atoms with Crippen molar-refractivity contribution in [2.45, 2.75) is 123 Å². The molecule has 372 valence electrons. The Morgan fingerprint density at radius 1 is 0.886 bits per heavy atom. The molecule has 3 heterocycles. The summed E-state index contributed by atoms with van der Waals surface area (Å²) in [6, 6.07) is 21.5. The lowest BCUT2D eigenvalue weighted by Gasteiger charge is -2.37. The number of carbonyl (C=O) groups is 3. The van der Waals surface area contributed by atoms with E-state index < -0.39 is 36.7 Å². The smallest absolute Gasteiger partial charge is 0.407 e. The molecule has 16 nitrogen and oxygen atoms in total. The van der Waals surface area contributed by atoms with E-state index in [9.17, 15) is 19.5 Å². The van der Waals surface area contributed by atoms with Crippen molar-refractivity contribution in [3.05, 3.63) is 101 Å². The topological polar surface area (TPSA) is 196 Å². The van der Waals surface area contributed by atoms with E-state index in [-0.39, 0.29) is 23.8 Å². The summed E-state index contributed by atoms with van der Waals surface area (Å²) in [5, 5.41) is 18.1. The number of fused-ring (bicyclic) bond motifs is 6. The third kappa shape index (κ3) is 10.4. The predicted octanol–water partition coefficient (Wildman–Crippen LogP) is 9.18. The first kappa shape index (κ1) is 50.1. The third-order valence-corrected chi connectivity index (χ3v) is 13.8. The molecule has 7 atom stereocenters. The van der Waals surface area contributed by atoms with Crippen LogP contribution in [0, 0.1) is 5.92 Å². The molecule has 4 aromatic carbocycles. The number of hydrogen-bond acceptors (Lipinski definition) is 11. The Bertz CT molecular complexity index is 2810. The quantitative estimate of drug-likeness (QED) is 0.0432. The summed E-state index contributed by atoms with van der Waals surface area (Å²) in [7, 11) is 4.32. The van der Waals surface area contributed by atoms with Crippen molar-refractivity contribution < 1.29 is 38.4 Å².